The van der Waals surface area contributed by atoms with Crippen molar-refractivity contribution >= 4 is 16.7 Å². The zero-order valence-electron chi connectivity index (χ0n) is 9.41. The Morgan fingerprint density at radius 1 is 1.27 bits per heavy atom. The number of benzene rings is 1. The van der Waals surface area contributed by atoms with Gasteiger partial charge in [-0.3, -0.25) is 0 Å². The predicted octanol–water partition coefficient (Wildman–Crippen LogP) is 2.90. The van der Waals surface area contributed by atoms with E-state index in [4.69, 9.17) is 5.73 Å². The standard InChI is InChI=1S/C12H17N3/c1-7(2)8(3)12-14-10-5-4-9(13)6-11(10)15-12/h4-8H,13H2,1-3H3,(H,14,15). The van der Waals surface area contributed by atoms with Gasteiger partial charge in [-0.15, -0.1) is 0 Å². The monoisotopic (exact) mass is 203 g/mol. The maximum absolute atomic E-state index is 5.72. The number of nitrogens with one attached hydrogen (secondary N) is 1. The maximum atomic E-state index is 5.72. The topological polar surface area (TPSA) is 54.7 Å². The molecule has 0 spiro atoms. The Morgan fingerprint density at radius 2 is 2.00 bits per heavy atom. The SMILES string of the molecule is CC(C)C(C)c1nc2ccc(N)cc2[nH]1. The molecule has 1 aromatic carbocycles. The van der Waals surface area contributed by atoms with E-state index in [1.165, 1.54) is 0 Å². The molecule has 0 saturated carbocycles. The largest absolute Gasteiger partial charge is 0.399 e. The number of nitrogens with zero attached hydrogens (tertiary/aromatic N) is 1. The fourth-order valence-corrected chi connectivity index (χ4v) is 1.58. The van der Waals surface area contributed by atoms with Gasteiger partial charge in [0.15, 0.2) is 0 Å². The minimum absolute atomic E-state index is 0.443. The Morgan fingerprint density at radius 3 is 2.67 bits per heavy atom. The number of hydrogen-bond donors (Lipinski definition) is 2. The van der Waals surface area contributed by atoms with Gasteiger partial charge in [0.1, 0.15) is 5.82 Å². The van der Waals surface area contributed by atoms with Crippen LogP contribution in [0.25, 0.3) is 11.0 Å². The molecule has 1 aromatic heterocycles. The molecular weight excluding hydrogens is 186 g/mol. The smallest absolute Gasteiger partial charge is 0.110 e. The van der Waals surface area contributed by atoms with Crippen molar-refractivity contribution in [2.75, 3.05) is 5.73 Å². The number of H-pyrrole nitrogens is 1. The first-order chi connectivity index (χ1) is 7.08. The Hall–Kier alpha value is -1.51. The fraction of sp³-hybridized carbons (Fsp3) is 0.417. The second-order valence-electron chi connectivity index (χ2n) is 4.43. The van der Waals surface area contributed by atoms with E-state index in [1.54, 1.807) is 0 Å². The second-order valence-corrected chi connectivity index (χ2v) is 4.43. The van der Waals surface area contributed by atoms with Gasteiger partial charge in [-0.05, 0) is 24.1 Å². The van der Waals surface area contributed by atoms with Gasteiger partial charge in [-0.25, -0.2) is 4.98 Å². The first kappa shape index (κ1) is 10.0. The average Bonchev–Trinajstić information content (AvgIpc) is 2.58. The average molecular weight is 203 g/mol. The number of imidazole rings is 1. The summed E-state index contributed by atoms with van der Waals surface area (Å²) in [5, 5.41) is 0. The van der Waals surface area contributed by atoms with Gasteiger partial charge in [0, 0.05) is 11.6 Å². The molecule has 0 bridgehead atoms. The van der Waals surface area contributed by atoms with Crippen molar-refractivity contribution in [3.8, 4) is 0 Å². The molecule has 1 heterocycles. The highest BCUT2D eigenvalue weighted by molar-refractivity contribution is 5.78. The van der Waals surface area contributed by atoms with Crippen LogP contribution in [0.2, 0.25) is 0 Å². The molecule has 3 heteroatoms. The van der Waals surface area contributed by atoms with Crippen molar-refractivity contribution < 1.29 is 0 Å². The molecule has 0 radical (unpaired) electrons. The number of aromatic amines is 1. The van der Waals surface area contributed by atoms with E-state index in [0.29, 0.717) is 11.8 Å². The number of aromatic nitrogens is 2. The molecule has 2 aromatic rings. The lowest BCUT2D eigenvalue weighted by Crippen LogP contribution is -2.03. The van der Waals surface area contributed by atoms with Crippen LogP contribution in [0.15, 0.2) is 18.2 Å². The van der Waals surface area contributed by atoms with Crippen LogP contribution >= 0.6 is 0 Å². The molecular formula is C12H17N3. The lowest BCUT2D eigenvalue weighted by Gasteiger charge is -2.11. The summed E-state index contributed by atoms with van der Waals surface area (Å²) < 4.78 is 0. The normalized spacial score (nSPS) is 13.6. The van der Waals surface area contributed by atoms with Crippen LogP contribution < -0.4 is 5.73 Å². The maximum Gasteiger partial charge on any atom is 0.110 e. The number of rotatable bonds is 2. The Kier molecular flexibility index (Phi) is 2.39. The third kappa shape index (κ3) is 1.82. The summed E-state index contributed by atoms with van der Waals surface area (Å²) in [4.78, 5) is 7.89. The molecule has 0 amide bonds. The Balaban J connectivity index is 2.47. The van der Waals surface area contributed by atoms with Gasteiger partial charge in [0.05, 0.1) is 11.0 Å². The van der Waals surface area contributed by atoms with Crippen molar-refractivity contribution in [3.63, 3.8) is 0 Å². The minimum Gasteiger partial charge on any atom is -0.399 e. The summed E-state index contributed by atoms with van der Waals surface area (Å²) >= 11 is 0. The van der Waals surface area contributed by atoms with Crippen LogP contribution in [0.3, 0.4) is 0 Å². The van der Waals surface area contributed by atoms with Crippen LogP contribution in [0, 0.1) is 5.92 Å². The zero-order valence-corrected chi connectivity index (χ0v) is 9.41. The van der Waals surface area contributed by atoms with Gasteiger partial charge < -0.3 is 10.7 Å². The molecule has 0 fully saturated rings. The Labute approximate surface area is 89.7 Å². The highest BCUT2D eigenvalue weighted by Crippen LogP contribution is 2.24. The third-order valence-corrected chi connectivity index (χ3v) is 2.96. The van der Waals surface area contributed by atoms with Crippen LogP contribution in [-0.4, -0.2) is 9.97 Å². The number of hydrogen-bond acceptors (Lipinski definition) is 2. The van der Waals surface area contributed by atoms with Gasteiger partial charge in [-0.1, -0.05) is 20.8 Å². The van der Waals surface area contributed by atoms with Gasteiger partial charge in [-0.2, -0.15) is 0 Å². The van der Waals surface area contributed by atoms with Crippen LogP contribution in [0.5, 0.6) is 0 Å². The van der Waals surface area contributed by atoms with E-state index in [-0.39, 0.29) is 0 Å². The molecule has 80 valence electrons. The van der Waals surface area contributed by atoms with E-state index in [2.05, 4.69) is 30.7 Å². The van der Waals surface area contributed by atoms with Crippen molar-refractivity contribution in [2.45, 2.75) is 26.7 Å². The molecule has 0 aliphatic carbocycles. The van der Waals surface area contributed by atoms with Gasteiger partial charge in [0.2, 0.25) is 0 Å². The number of fused-ring (bicyclic) bond motifs is 1. The molecule has 1 atom stereocenters. The molecule has 3 nitrogen and oxygen atoms in total. The fourth-order valence-electron chi connectivity index (χ4n) is 1.58. The van der Waals surface area contributed by atoms with E-state index < -0.39 is 0 Å². The summed E-state index contributed by atoms with van der Waals surface area (Å²) in [6.07, 6.45) is 0. The first-order valence-electron chi connectivity index (χ1n) is 5.33. The van der Waals surface area contributed by atoms with E-state index in [1.807, 2.05) is 18.2 Å². The summed E-state index contributed by atoms with van der Waals surface area (Å²) in [5.41, 5.74) is 8.51. The summed E-state index contributed by atoms with van der Waals surface area (Å²) in [7, 11) is 0. The zero-order chi connectivity index (χ0) is 11.0. The lowest BCUT2D eigenvalue weighted by molar-refractivity contribution is 0.515. The molecule has 0 aliphatic rings. The van der Waals surface area contributed by atoms with Crippen LogP contribution in [-0.2, 0) is 0 Å². The van der Waals surface area contributed by atoms with Crippen molar-refractivity contribution in [1.29, 1.82) is 0 Å². The quantitative estimate of drug-likeness (QED) is 0.737. The van der Waals surface area contributed by atoms with E-state index in [9.17, 15) is 0 Å². The predicted molar refractivity (Wildman–Crippen MR) is 63.8 cm³/mol. The molecule has 3 N–H and O–H groups in total. The lowest BCUT2D eigenvalue weighted by atomic mass is 9.98. The van der Waals surface area contributed by atoms with Crippen molar-refractivity contribution in [1.82, 2.24) is 9.97 Å². The molecule has 2 rings (SSSR count). The van der Waals surface area contributed by atoms with E-state index >= 15 is 0 Å². The first-order valence-corrected chi connectivity index (χ1v) is 5.33. The minimum atomic E-state index is 0.443. The van der Waals surface area contributed by atoms with E-state index in [0.717, 1.165) is 22.5 Å². The third-order valence-electron chi connectivity index (χ3n) is 2.96. The summed E-state index contributed by atoms with van der Waals surface area (Å²) in [5.74, 6) is 2.08. The van der Waals surface area contributed by atoms with Gasteiger partial charge >= 0.3 is 0 Å². The van der Waals surface area contributed by atoms with Crippen LogP contribution in [0.4, 0.5) is 5.69 Å². The van der Waals surface area contributed by atoms with Crippen molar-refractivity contribution in [3.05, 3.63) is 24.0 Å². The number of anilines is 1. The molecule has 1 unspecified atom stereocenters. The highest BCUT2D eigenvalue weighted by atomic mass is 14.9. The number of nitrogen functional groups attached to an aromatic ring is 1. The summed E-state index contributed by atoms with van der Waals surface area (Å²) in [6, 6.07) is 5.77. The Bertz CT molecular complexity index is 471. The van der Waals surface area contributed by atoms with Crippen molar-refractivity contribution in [2.24, 2.45) is 5.92 Å². The summed E-state index contributed by atoms with van der Waals surface area (Å²) in [6.45, 7) is 6.59. The molecule has 0 aliphatic heterocycles. The second kappa shape index (κ2) is 3.57. The van der Waals surface area contributed by atoms with Gasteiger partial charge in [0.25, 0.3) is 0 Å². The highest BCUT2D eigenvalue weighted by Gasteiger charge is 2.13. The molecule has 0 saturated heterocycles. The van der Waals surface area contributed by atoms with Crippen LogP contribution in [0.1, 0.15) is 32.5 Å². The number of nitrogens with two attached hydrogens (primary N) is 1. The molecule has 15 heavy (non-hydrogen) atoms.